The Kier molecular flexibility index (Phi) is 5.28. The highest BCUT2D eigenvalue weighted by Crippen LogP contribution is 2.26. The molecule has 1 amide bonds. The van der Waals surface area contributed by atoms with Gasteiger partial charge < -0.3 is 21.9 Å². The van der Waals surface area contributed by atoms with Crippen LogP contribution in [0.2, 0.25) is 0 Å². The van der Waals surface area contributed by atoms with Gasteiger partial charge in [-0.2, -0.15) is 0 Å². The molecule has 0 saturated heterocycles. The lowest BCUT2D eigenvalue weighted by Gasteiger charge is -2.06. The molecule has 6 N–H and O–H groups in total. The number of hydrogen-bond acceptors (Lipinski definition) is 5. The zero-order valence-corrected chi connectivity index (χ0v) is 17.0. The van der Waals surface area contributed by atoms with E-state index < -0.39 is 0 Å². The van der Waals surface area contributed by atoms with Gasteiger partial charge in [-0.3, -0.25) is 4.79 Å². The summed E-state index contributed by atoms with van der Waals surface area (Å²) in [5, 5.41) is 16.1. The number of pyridine rings is 1. The highest BCUT2D eigenvalue weighted by molar-refractivity contribution is 5.97. The van der Waals surface area contributed by atoms with E-state index >= 15 is 0 Å². The first-order chi connectivity index (χ1) is 14.9. The molecule has 154 valence electrons. The fourth-order valence-electron chi connectivity index (χ4n) is 3.39. The number of hydrogen-bond donors (Lipinski definition) is 4. The van der Waals surface area contributed by atoms with E-state index in [0.29, 0.717) is 11.4 Å². The number of aromatic hydroxyl groups is 1. The highest BCUT2D eigenvalue weighted by Gasteiger charge is 2.03. The van der Waals surface area contributed by atoms with E-state index in [4.69, 9.17) is 11.5 Å². The summed E-state index contributed by atoms with van der Waals surface area (Å²) in [5.74, 6) is 0.184. The Morgan fingerprint density at radius 1 is 0.806 bits per heavy atom. The molecule has 0 atom stereocenters. The van der Waals surface area contributed by atoms with Gasteiger partial charge in [0.2, 0.25) is 5.91 Å². The van der Waals surface area contributed by atoms with E-state index in [-0.39, 0.29) is 11.7 Å². The molecule has 0 aliphatic carbocycles. The summed E-state index contributed by atoms with van der Waals surface area (Å²) in [6, 6.07) is 24.3. The predicted molar refractivity (Wildman–Crippen MR) is 128 cm³/mol. The number of phenols is 1. The standard InChI is InChI=1S/C15H13N3O.C10H9NO/c1-9(19)17-13-5-3-11-6-10-2-4-12(16)7-14(10)18-15(11)8-13;11-8-5-4-7-2-1-3-10(12)9(7)6-8/h2-8H,16H2,1H3,(H,17,19);1-6,12H,11H2. The fraction of sp³-hybridized carbons (Fsp3) is 0.0400. The van der Waals surface area contributed by atoms with Gasteiger partial charge in [0.25, 0.3) is 0 Å². The zero-order chi connectivity index (χ0) is 22.0. The Morgan fingerprint density at radius 2 is 1.45 bits per heavy atom. The number of phenolic OH excluding ortho intramolecular Hbond substituents is 1. The van der Waals surface area contributed by atoms with Gasteiger partial charge in [0.15, 0.2) is 0 Å². The maximum atomic E-state index is 11.1. The van der Waals surface area contributed by atoms with Crippen LogP contribution in [0.5, 0.6) is 5.75 Å². The van der Waals surface area contributed by atoms with Gasteiger partial charge in [-0.1, -0.05) is 30.3 Å². The van der Waals surface area contributed by atoms with Crippen LogP contribution in [0, 0.1) is 0 Å². The summed E-state index contributed by atoms with van der Waals surface area (Å²) < 4.78 is 0. The second-order valence-corrected chi connectivity index (χ2v) is 7.29. The Balaban J connectivity index is 0.000000166. The number of carbonyl (C=O) groups is 1. The van der Waals surface area contributed by atoms with Gasteiger partial charge in [-0.05, 0) is 53.9 Å². The van der Waals surface area contributed by atoms with Crippen LogP contribution in [0.25, 0.3) is 32.6 Å². The molecule has 0 aliphatic rings. The second-order valence-electron chi connectivity index (χ2n) is 7.29. The quantitative estimate of drug-likeness (QED) is 0.228. The lowest BCUT2D eigenvalue weighted by atomic mass is 10.1. The summed E-state index contributed by atoms with van der Waals surface area (Å²) in [7, 11) is 0. The highest BCUT2D eigenvalue weighted by atomic mass is 16.3. The van der Waals surface area contributed by atoms with Crippen molar-refractivity contribution in [1.82, 2.24) is 4.98 Å². The third kappa shape index (κ3) is 4.48. The Morgan fingerprint density at radius 3 is 2.19 bits per heavy atom. The largest absolute Gasteiger partial charge is 0.507 e. The number of rotatable bonds is 1. The Hall–Kier alpha value is -4.32. The fourth-order valence-corrected chi connectivity index (χ4v) is 3.39. The first-order valence-electron chi connectivity index (χ1n) is 9.74. The number of aromatic nitrogens is 1. The van der Waals surface area contributed by atoms with Crippen molar-refractivity contribution in [2.24, 2.45) is 0 Å². The molecule has 0 fully saturated rings. The smallest absolute Gasteiger partial charge is 0.221 e. The lowest BCUT2D eigenvalue weighted by molar-refractivity contribution is -0.114. The van der Waals surface area contributed by atoms with Crippen LogP contribution in [0.4, 0.5) is 17.1 Å². The minimum atomic E-state index is -0.0932. The number of fused-ring (bicyclic) bond motifs is 3. The number of amides is 1. The summed E-state index contributed by atoms with van der Waals surface area (Å²) in [5.41, 5.74) is 15.1. The third-order valence-electron chi connectivity index (χ3n) is 4.84. The number of nitrogens with one attached hydrogen (secondary N) is 1. The third-order valence-corrected chi connectivity index (χ3v) is 4.84. The van der Waals surface area contributed by atoms with Crippen molar-refractivity contribution in [3.63, 3.8) is 0 Å². The van der Waals surface area contributed by atoms with Crippen molar-refractivity contribution in [1.29, 1.82) is 0 Å². The van der Waals surface area contributed by atoms with Gasteiger partial charge in [0.05, 0.1) is 11.0 Å². The average Bonchev–Trinajstić information content (AvgIpc) is 2.73. The molecule has 0 aliphatic heterocycles. The van der Waals surface area contributed by atoms with Crippen molar-refractivity contribution < 1.29 is 9.90 Å². The minimum Gasteiger partial charge on any atom is -0.507 e. The Bertz CT molecular complexity index is 1430. The maximum absolute atomic E-state index is 11.1. The molecular weight excluding hydrogens is 388 g/mol. The van der Waals surface area contributed by atoms with Crippen LogP contribution in [0.15, 0.2) is 78.9 Å². The van der Waals surface area contributed by atoms with E-state index in [2.05, 4.69) is 16.4 Å². The second kappa shape index (κ2) is 8.20. The summed E-state index contributed by atoms with van der Waals surface area (Å²) in [6.45, 7) is 1.48. The molecule has 1 aromatic heterocycles. The normalized spacial score (nSPS) is 10.6. The van der Waals surface area contributed by atoms with Crippen LogP contribution in [0.1, 0.15) is 6.92 Å². The first kappa shape index (κ1) is 20.0. The van der Waals surface area contributed by atoms with Crippen LogP contribution in [-0.2, 0) is 4.79 Å². The summed E-state index contributed by atoms with van der Waals surface area (Å²) >= 11 is 0. The van der Waals surface area contributed by atoms with E-state index in [1.165, 1.54) is 6.92 Å². The Labute approximate surface area is 179 Å². The van der Waals surface area contributed by atoms with Crippen molar-refractivity contribution in [3.05, 3.63) is 78.9 Å². The number of anilines is 3. The molecule has 5 rings (SSSR count). The number of nitrogen functional groups attached to an aromatic ring is 2. The van der Waals surface area contributed by atoms with E-state index in [9.17, 15) is 9.90 Å². The number of nitrogens with zero attached hydrogens (tertiary/aromatic N) is 1. The van der Waals surface area contributed by atoms with Crippen LogP contribution in [-0.4, -0.2) is 16.0 Å². The number of nitrogens with two attached hydrogens (primary N) is 2. The summed E-state index contributed by atoms with van der Waals surface area (Å²) in [4.78, 5) is 15.6. The molecule has 0 unspecified atom stereocenters. The van der Waals surface area contributed by atoms with Crippen molar-refractivity contribution in [3.8, 4) is 5.75 Å². The molecule has 6 nitrogen and oxygen atoms in total. The van der Waals surface area contributed by atoms with Crippen molar-refractivity contribution in [2.75, 3.05) is 16.8 Å². The minimum absolute atomic E-state index is 0.0932. The van der Waals surface area contributed by atoms with Crippen LogP contribution >= 0.6 is 0 Å². The van der Waals surface area contributed by atoms with E-state index in [1.807, 2.05) is 60.7 Å². The molecule has 0 bridgehead atoms. The number of carbonyl (C=O) groups excluding carboxylic acids is 1. The van der Waals surface area contributed by atoms with Crippen LogP contribution in [0.3, 0.4) is 0 Å². The number of benzene rings is 4. The molecule has 1 heterocycles. The van der Waals surface area contributed by atoms with E-state index in [1.54, 1.807) is 12.1 Å². The summed E-state index contributed by atoms with van der Waals surface area (Å²) in [6.07, 6.45) is 0. The van der Waals surface area contributed by atoms with Gasteiger partial charge in [0, 0.05) is 40.1 Å². The molecule has 0 spiro atoms. The SMILES string of the molecule is CC(=O)Nc1ccc2cc3ccc(N)cc3nc2c1.Nc1ccc2cccc(O)c2c1. The van der Waals surface area contributed by atoms with Crippen molar-refractivity contribution >= 4 is 55.5 Å². The molecule has 0 radical (unpaired) electrons. The van der Waals surface area contributed by atoms with Crippen LogP contribution < -0.4 is 16.8 Å². The van der Waals surface area contributed by atoms with E-state index in [0.717, 1.165) is 38.3 Å². The maximum Gasteiger partial charge on any atom is 0.221 e. The van der Waals surface area contributed by atoms with Gasteiger partial charge in [0.1, 0.15) is 5.75 Å². The molecule has 0 saturated carbocycles. The lowest BCUT2D eigenvalue weighted by Crippen LogP contribution is -2.05. The first-order valence-corrected chi connectivity index (χ1v) is 9.74. The molecule has 31 heavy (non-hydrogen) atoms. The molecular formula is C25H22N4O2. The van der Waals surface area contributed by atoms with Gasteiger partial charge in [-0.25, -0.2) is 4.98 Å². The topological polar surface area (TPSA) is 114 Å². The molecule has 4 aromatic carbocycles. The van der Waals surface area contributed by atoms with Gasteiger partial charge >= 0.3 is 0 Å². The predicted octanol–water partition coefficient (Wildman–Crippen LogP) is 5.06. The molecule has 6 heteroatoms. The van der Waals surface area contributed by atoms with Gasteiger partial charge in [-0.15, -0.1) is 0 Å². The monoisotopic (exact) mass is 410 g/mol. The average molecular weight is 410 g/mol. The van der Waals surface area contributed by atoms with Crippen molar-refractivity contribution in [2.45, 2.75) is 6.92 Å². The zero-order valence-electron chi connectivity index (χ0n) is 17.0. The molecule has 5 aromatic rings.